The normalized spacial score (nSPS) is 23.2. The molecule has 1 aliphatic carbocycles. The third-order valence-corrected chi connectivity index (χ3v) is 8.36. The number of ether oxygens (including phenoxy) is 1. The van der Waals surface area contributed by atoms with Crippen molar-refractivity contribution in [2.75, 3.05) is 19.7 Å². The van der Waals surface area contributed by atoms with Crippen molar-refractivity contribution in [3.05, 3.63) is 29.8 Å². The van der Waals surface area contributed by atoms with E-state index >= 15 is 0 Å². The molecule has 2 aliphatic rings. The predicted octanol–water partition coefficient (Wildman–Crippen LogP) is 3.34. The Morgan fingerprint density at radius 3 is 2.36 bits per heavy atom. The largest absolute Gasteiger partial charge is 0.455 e. The third-order valence-electron chi connectivity index (χ3n) is 6.40. The Labute approximate surface area is 191 Å². The summed E-state index contributed by atoms with van der Waals surface area (Å²) >= 11 is 0. The molecule has 1 aliphatic heterocycles. The molecule has 0 aromatic heterocycles. The number of carbonyl (C=O) groups is 2. The molecule has 1 aromatic carbocycles. The SMILES string of the molecule is CC1CCCCC1NC(=O)COC(=O)C1CCN(S(=O)(=O)c2ccccc2C(F)(F)F)CC1. The van der Waals surface area contributed by atoms with Gasteiger partial charge in [-0.2, -0.15) is 17.5 Å². The molecule has 2 atom stereocenters. The summed E-state index contributed by atoms with van der Waals surface area (Å²) in [5.74, 6) is -1.22. The van der Waals surface area contributed by atoms with Gasteiger partial charge in [0.1, 0.15) is 0 Å². The van der Waals surface area contributed by atoms with Gasteiger partial charge in [0, 0.05) is 19.1 Å². The minimum atomic E-state index is -4.80. The maximum Gasteiger partial charge on any atom is 0.417 e. The summed E-state index contributed by atoms with van der Waals surface area (Å²) in [5, 5.41) is 2.89. The van der Waals surface area contributed by atoms with Gasteiger partial charge in [-0.25, -0.2) is 8.42 Å². The van der Waals surface area contributed by atoms with Crippen LogP contribution in [0.5, 0.6) is 0 Å². The van der Waals surface area contributed by atoms with Gasteiger partial charge in [-0.05, 0) is 43.7 Å². The van der Waals surface area contributed by atoms with E-state index in [0.717, 1.165) is 48.2 Å². The van der Waals surface area contributed by atoms with Crippen LogP contribution in [0, 0.1) is 11.8 Å². The molecule has 1 amide bonds. The summed E-state index contributed by atoms with van der Waals surface area (Å²) in [6.45, 7) is 1.45. The van der Waals surface area contributed by atoms with Crippen molar-refractivity contribution in [1.82, 2.24) is 9.62 Å². The summed E-state index contributed by atoms with van der Waals surface area (Å²) in [5.41, 5.74) is -1.22. The monoisotopic (exact) mass is 490 g/mol. The predicted molar refractivity (Wildman–Crippen MR) is 113 cm³/mol. The summed E-state index contributed by atoms with van der Waals surface area (Å²) < 4.78 is 71.5. The molecule has 2 unspecified atom stereocenters. The molecular weight excluding hydrogens is 461 g/mol. The molecule has 0 radical (unpaired) electrons. The number of piperidine rings is 1. The van der Waals surface area contributed by atoms with Crippen LogP contribution in [0.2, 0.25) is 0 Å². The Bertz CT molecular complexity index is 959. The first-order chi connectivity index (χ1) is 15.5. The molecule has 3 rings (SSSR count). The number of rotatable bonds is 6. The van der Waals surface area contributed by atoms with Crippen LogP contribution in [-0.2, 0) is 30.5 Å². The Morgan fingerprint density at radius 1 is 1.09 bits per heavy atom. The van der Waals surface area contributed by atoms with Gasteiger partial charge >= 0.3 is 12.1 Å². The van der Waals surface area contributed by atoms with Crippen LogP contribution in [0.15, 0.2) is 29.2 Å². The topological polar surface area (TPSA) is 92.8 Å². The van der Waals surface area contributed by atoms with Crippen LogP contribution in [0.3, 0.4) is 0 Å². The zero-order chi connectivity index (χ0) is 24.2. The van der Waals surface area contributed by atoms with Crippen LogP contribution in [-0.4, -0.2) is 50.3 Å². The van der Waals surface area contributed by atoms with Crippen molar-refractivity contribution in [2.45, 2.75) is 62.6 Å². The highest BCUT2D eigenvalue weighted by Crippen LogP contribution is 2.36. The van der Waals surface area contributed by atoms with Crippen molar-refractivity contribution < 1.29 is 35.9 Å². The maximum absolute atomic E-state index is 13.3. The zero-order valence-electron chi connectivity index (χ0n) is 18.4. The lowest BCUT2D eigenvalue weighted by atomic mass is 9.86. The number of alkyl halides is 3. The van der Waals surface area contributed by atoms with E-state index in [0.29, 0.717) is 5.92 Å². The molecule has 33 heavy (non-hydrogen) atoms. The highest BCUT2D eigenvalue weighted by molar-refractivity contribution is 7.89. The number of nitrogens with one attached hydrogen (secondary N) is 1. The number of nitrogens with zero attached hydrogens (tertiary/aromatic N) is 1. The van der Waals surface area contributed by atoms with E-state index in [-0.39, 0.29) is 37.9 Å². The van der Waals surface area contributed by atoms with Crippen LogP contribution < -0.4 is 5.32 Å². The van der Waals surface area contributed by atoms with Crippen LogP contribution in [0.1, 0.15) is 51.0 Å². The first-order valence-electron chi connectivity index (χ1n) is 11.1. The molecule has 1 aromatic rings. The van der Waals surface area contributed by atoms with Gasteiger partial charge in [-0.3, -0.25) is 9.59 Å². The number of amides is 1. The second kappa shape index (κ2) is 10.4. The summed E-state index contributed by atoms with van der Waals surface area (Å²) in [6, 6.07) is 4.11. The van der Waals surface area contributed by atoms with Gasteiger partial charge < -0.3 is 10.1 Å². The Morgan fingerprint density at radius 2 is 1.73 bits per heavy atom. The summed E-state index contributed by atoms with van der Waals surface area (Å²) in [6.07, 6.45) is -0.476. The fourth-order valence-corrected chi connectivity index (χ4v) is 6.11. The van der Waals surface area contributed by atoms with Crippen molar-refractivity contribution >= 4 is 21.9 Å². The third kappa shape index (κ3) is 6.26. The molecule has 11 heteroatoms. The van der Waals surface area contributed by atoms with Crippen LogP contribution in [0.4, 0.5) is 13.2 Å². The molecule has 7 nitrogen and oxygen atoms in total. The average Bonchev–Trinajstić information content (AvgIpc) is 2.78. The number of benzene rings is 1. The number of sulfonamides is 1. The highest BCUT2D eigenvalue weighted by atomic mass is 32.2. The first kappa shape index (κ1) is 25.5. The number of esters is 1. The minimum Gasteiger partial charge on any atom is -0.455 e. The Hall–Kier alpha value is -2.14. The number of hydrogen-bond donors (Lipinski definition) is 1. The van der Waals surface area contributed by atoms with Gasteiger partial charge in [0.2, 0.25) is 10.0 Å². The van der Waals surface area contributed by atoms with Crippen molar-refractivity contribution in [2.24, 2.45) is 11.8 Å². The smallest absolute Gasteiger partial charge is 0.417 e. The van der Waals surface area contributed by atoms with Gasteiger partial charge in [0.05, 0.1) is 16.4 Å². The van der Waals surface area contributed by atoms with E-state index in [4.69, 9.17) is 4.74 Å². The van der Waals surface area contributed by atoms with Crippen LogP contribution in [0.25, 0.3) is 0 Å². The lowest BCUT2D eigenvalue weighted by Crippen LogP contribution is -2.44. The fraction of sp³-hybridized carbons (Fsp3) is 0.636. The van der Waals surface area contributed by atoms with Crippen molar-refractivity contribution in [3.63, 3.8) is 0 Å². The molecule has 1 saturated heterocycles. The standard InChI is InChI=1S/C22H29F3N2O5S/c1-15-6-2-4-8-18(15)26-20(28)14-32-21(29)16-10-12-27(13-11-16)33(30,31)19-9-5-3-7-17(19)22(23,24)25/h3,5,7,9,15-16,18H,2,4,6,8,10-14H2,1H3,(H,26,28). The van der Waals surface area contributed by atoms with E-state index in [9.17, 15) is 31.2 Å². The molecule has 0 bridgehead atoms. The van der Waals surface area contributed by atoms with Gasteiger partial charge in [-0.15, -0.1) is 0 Å². The molecule has 184 valence electrons. The number of hydrogen-bond acceptors (Lipinski definition) is 5. The van der Waals surface area contributed by atoms with E-state index in [1.54, 1.807) is 0 Å². The van der Waals surface area contributed by atoms with Gasteiger partial charge in [0.15, 0.2) is 6.61 Å². The summed E-state index contributed by atoms with van der Waals surface area (Å²) in [7, 11) is -4.38. The number of halogens is 3. The first-order valence-corrected chi connectivity index (χ1v) is 12.6. The average molecular weight is 491 g/mol. The zero-order valence-corrected chi connectivity index (χ0v) is 19.3. The second-order valence-corrected chi connectivity index (χ2v) is 10.6. The molecular formula is C22H29F3N2O5S. The maximum atomic E-state index is 13.3. The van der Waals surface area contributed by atoms with E-state index in [1.807, 2.05) is 0 Å². The lowest BCUT2D eigenvalue weighted by Gasteiger charge is -2.31. The lowest BCUT2D eigenvalue weighted by molar-refractivity contribution is -0.154. The number of carbonyl (C=O) groups excluding carboxylic acids is 2. The van der Waals surface area contributed by atoms with E-state index in [2.05, 4.69) is 12.2 Å². The van der Waals surface area contributed by atoms with E-state index < -0.39 is 45.2 Å². The molecule has 1 N–H and O–H groups in total. The highest BCUT2D eigenvalue weighted by Gasteiger charge is 2.40. The van der Waals surface area contributed by atoms with Crippen molar-refractivity contribution in [3.8, 4) is 0 Å². The molecule has 2 fully saturated rings. The van der Waals surface area contributed by atoms with E-state index in [1.165, 1.54) is 6.07 Å². The molecule has 1 heterocycles. The Kier molecular flexibility index (Phi) is 8.04. The Balaban J connectivity index is 1.52. The second-order valence-electron chi connectivity index (χ2n) is 8.72. The van der Waals surface area contributed by atoms with Gasteiger partial charge in [0.25, 0.3) is 5.91 Å². The fourth-order valence-electron chi connectivity index (χ4n) is 4.43. The van der Waals surface area contributed by atoms with Crippen LogP contribution >= 0.6 is 0 Å². The molecule has 0 spiro atoms. The summed E-state index contributed by atoms with van der Waals surface area (Å²) in [4.78, 5) is 23.7. The van der Waals surface area contributed by atoms with Gasteiger partial charge in [-0.1, -0.05) is 31.9 Å². The molecule has 1 saturated carbocycles. The minimum absolute atomic E-state index is 0.0676. The van der Waals surface area contributed by atoms with Crippen molar-refractivity contribution in [1.29, 1.82) is 0 Å². The quantitative estimate of drug-likeness (QED) is 0.618.